The molecule has 0 aliphatic heterocycles. The van der Waals surface area contributed by atoms with Crippen molar-refractivity contribution in [1.82, 2.24) is 25.7 Å². The molecule has 2 amide bonds. The van der Waals surface area contributed by atoms with E-state index in [1.807, 2.05) is 0 Å². The summed E-state index contributed by atoms with van der Waals surface area (Å²) in [6, 6.07) is 7.22. The number of aryl methyl sites for hydroxylation is 1. The molecule has 8 nitrogen and oxygen atoms in total. The first-order valence-corrected chi connectivity index (χ1v) is 7.33. The third-order valence-corrected chi connectivity index (χ3v) is 3.23. The molecule has 2 aromatic heterocycles. The number of anilines is 1. The summed E-state index contributed by atoms with van der Waals surface area (Å²) in [6.07, 6.45) is 2.83. The zero-order chi connectivity index (χ0) is 16.8. The van der Waals surface area contributed by atoms with E-state index in [1.54, 1.807) is 18.2 Å². The smallest absolute Gasteiger partial charge is 0.320 e. The van der Waals surface area contributed by atoms with Gasteiger partial charge in [-0.2, -0.15) is 5.10 Å². The van der Waals surface area contributed by atoms with E-state index < -0.39 is 11.8 Å². The minimum absolute atomic E-state index is 0.209. The Morgan fingerprint density at radius 1 is 1.33 bits per heavy atom. The van der Waals surface area contributed by atoms with Gasteiger partial charge < -0.3 is 9.84 Å². The molecule has 0 aliphatic carbocycles. The predicted molar refractivity (Wildman–Crippen MR) is 83.6 cm³/mol. The van der Waals surface area contributed by atoms with Crippen LogP contribution in [-0.2, 0) is 6.42 Å². The Morgan fingerprint density at radius 2 is 2.21 bits per heavy atom. The highest BCUT2D eigenvalue weighted by Gasteiger charge is 2.12. The molecule has 0 saturated heterocycles. The summed E-state index contributed by atoms with van der Waals surface area (Å²) in [5.41, 5.74) is 0.283. The Morgan fingerprint density at radius 3 is 3.00 bits per heavy atom. The Kier molecular flexibility index (Phi) is 4.80. The molecule has 3 aromatic rings. The lowest BCUT2D eigenvalue weighted by Gasteiger charge is -2.03. The number of hydrogen-bond acceptors (Lipinski definition) is 5. The number of aromatic amines is 1. The van der Waals surface area contributed by atoms with E-state index in [4.69, 9.17) is 4.52 Å². The molecule has 0 fully saturated rings. The van der Waals surface area contributed by atoms with Crippen LogP contribution in [-0.4, -0.2) is 32.9 Å². The highest BCUT2D eigenvalue weighted by atomic mass is 19.1. The molecule has 1 aromatic carbocycles. The molecule has 0 saturated carbocycles. The van der Waals surface area contributed by atoms with Gasteiger partial charge in [-0.3, -0.25) is 10.4 Å². The second-order valence-corrected chi connectivity index (χ2v) is 4.97. The summed E-state index contributed by atoms with van der Waals surface area (Å²) in [7, 11) is 0. The van der Waals surface area contributed by atoms with E-state index in [2.05, 4.69) is 31.0 Å². The van der Waals surface area contributed by atoms with Crippen molar-refractivity contribution in [2.24, 2.45) is 0 Å². The molecule has 24 heavy (non-hydrogen) atoms. The van der Waals surface area contributed by atoms with Gasteiger partial charge in [-0.05, 0) is 18.6 Å². The molecule has 0 bridgehead atoms. The predicted octanol–water partition coefficient (Wildman–Crippen LogP) is 2.35. The Bertz CT molecular complexity index is 802. The van der Waals surface area contributed by atoms with E-state index in [9.17, 15) is 9.18 Å². The fourth-order valence-electron chi connectivity index (χ4n) is 2.09. The van der Waals surface area contributed by atoms with Crippen molar-refractivity contribution in [3.05, 3.63) is 48.3 Å². The van der Waals surface area contributed by atoms with Crippen LogP contribution in [0.2, 0.25) is 0 Å². The van der Waals surface area contributed by atoms with Gasteiger partial charge in [-0.15, -0.1) is 0 Å². The minimum Gasteiger partial charge on any atom is -0.354 e. The third-order valence-electron chi connectivity index (χ3n) is 3.23. The zero-order valence-electron chi connectivity index (χ0n) is 12.6. The number of nitrogens with one attached hydrogen (secondary N) is 3. The van der Waals surface area contributed by atoms with Crippen LogP contribution in [0.1, 0.15) is 12.2 Å². The number of hydrogen-bond donors (Lipinski definition) is 3. The molecule has 124 valence electrons. The van der Waals surface area contributed by atoms with Crippen LogP contribution in [0.3, 0.4) is 0 Å². The molecule has 3 N–H and O–H groups in total. The molecular formula is C15H15FN6O2. The first-order valence-electron chi connectivity index (χ1n) is 7.33. The van der Waals surface area contributed by atoms with Gasteiger partial charge in [0.2, 0.25) is 0 Å². The number of amides is 2. The van der Waals surface area contributed by atoms with E-state index in [0.29, 0.717) is 19.4 Å². The summed E-state index contributed by atoms with van der Waals surface area (Å²) in [5, 5.41) is 15.4. The van der Waals surface area contributed by atoms with Crippen molar-refractivity contribution < 1.29 is 13.7 Å². The van der Waals surface area contributed by atoms with Crippen molar-refractivity contribution in [3.8, 4) is 11.3 Å². The topological polar surface area (TPSA) is 109 Å². The SMILES string of the molecule is O=C(NCCCc1ncn[nH]1)Nc1cc(-c2ccccc2F)on1. The number of halogens is 1. The Hall–Kier alpha value is -3.23. The van der Waals surface area contributed by atoms with Gasteiger partial charge in [-0.1, -0.05) is 17.3 Å². The highest BCUT2D eigenvalue weighted by molar-refractivity contribution is 5.88. The van der Waals surface area contributed by atoms with E-state index in [-0.39, 0.29) is 17.1 Å². The van der Waals surface area contributed by atoms with Gasteiger partial charge >= 0.3 is 6.03 Å². The van der Waals surface area contributed by atoms with Crippen molar-refractivity contribution in [1.29, 1.82) is 0 Å². The standard InChI is InChI=1S/C15H15FN6O2/c16-11-5-2-1-4-10(11)12-8-14(22-24-12)20-15(23)17-7-3-6-13-18-9-19-21-13/h1-2,4-5,8-9H,3,6-7H2,(H,18,19,21)(H2,17,20,22,23). The zero-order valence-corrected chi connectivity index (χ0v) is 12.6. The number of benzene rings is 1. The highest BCUT2D eigenvalue weighted by Crippen LogP contribution is 2.24. The van der Waals surface area contributed by atoms with Crippen LogP contribution in [0.25, 0.3) is 11.3 Å². The number of nitrogens with zero attached hydrogens (tertiary/aromatic N) is 3. The Balaban J connectivity index is 1.47. The number of carbonyl (C=O) groups excluding carboxylic acids is 1. The fraction of sp³-hybridized carbons (Fsp3) is 0.200. The van der Waals surface area contributed by atoms with Crippen LogP contribution in [0.15, 0.2) is 41.2 Å². The fourth-order valence-corrected chi connectivity index (χ4v) is 2.09. The maximum absolute atomic E-state index is 13.7. The van der Waals surface area contributed by atoms with E-state index >= 15 is 0 Å². The van der Waals surface area contributed by atoms with Gasteiger partial charge in [0.05, 0.1) is 5.56 Å². The van der Waals surface area contributed by atoms with Gasteiger partial charge in [0.25, 0.3) is 0 Å². The third kappa shape index (κ3) is 3.94. The summed E-state index contributed by atoms with van der Waals surface area (Å²) >= 11 is 0. The first-order chi connectivity index (χ1) is 11.7. The number of aromatic nitrogens is 4. The molecular weight excluding hydrogens is 315 g/mol. The second-order valence-electron chi connectivity index (χ2n) is 4.97. The van der Waals surface area contributed by atoms with Crippen LogP contribution >= 0.6 is 0 Å². The van der Waals surface area contributed by atoms with Crippen LogP contribution in [0.5, 0.6) is 0 Å². The lowest BCUT2D eigenvalue weighted by molar-refractivity contribution is 0.251. The summed E-state index contributed by atoms with van der Waals surface area (Å²) in [6.45, 7) is 0.463. The van der Waals surface area contributed by atoms with Crippen molar-refractivity contribution in [2.45, 2.75) is 12.8 Å². The normalized spacial score (nSPS) is 10.5. The molecule has 9 heteroatoms. The number of rotatable bonds is 6. The molecule has 0 radical (unpaired) electrons. The van der Waals surface area contributed by atoms with Crippen molar-refractivity contribution in [2.75, 3.05) is 11.9 Å². The number of urea groups is 1. The van der Waals surface area contributed by atoms with Crippen molar-refractivity contribution >= 4 is 11.8 Å². The van der Waals surface area contributed by atoms with Gasteiger partial charge in [0.15, 0.2) is 11.6 Å². The van der Waals surface area contributed by atoms with Gasteiger partial charge in [0, 0.05) is 19.0 Å². The average Bonchev–Trinajstić information content (AvgIpc) is 3.24. The summed E-state index contributed by atoms with van der Waals surface area (Å²) < 4.78 is 18.7. The molecule has 2 heterocycles. The molecule has 3 rings (SSSR count). The van der Waals surface area contributed by atoms with Crippen molar-refractivity contribution in [3.63, 3.8) is 0 Å². The summed E-state index contributed by atoms with van der Waals surface area (Å²) in [4.78, 5) is 15.8. The van der Waals surface area contributed by atoms with Crippen LogP contribution < -0.4 is 10.6 Å². The number of H-pyrrole nitrogens is 1. The maximum atomic E-state index is 13.7. The molecule has 0 aliphatic rings. The van der Waals surface area contributed by atoms with E-state index in [0.717, 1.165) is 5.82 Å². The lowest BCUT2D eigenvalue weighted by Crippen LogP contribution is -2.29. The van der Waals surface area contributed by atoms with E-state index in [1.165, 1.54) is 18.5 Å². The molecule has 0 unspecified atom stereocenters. The maximum Gasteiger partial charge on any atom is 0.320 e. The van der Waals surface area contributed by atoms with Crippen LogP contribution in [0.4, 0.5) is 15.0 Å². The molecule has 0 atom stereocenters. The average molecular weight is 330 g/mol. The molecule has 0 spiro atoms. The van der Waals surface area contributed by atoms with Gasteiger partial charge in [0.1, 0.15) is 18.0 Å². The Labute approximate surface area is 136 Å². The quantitative estimate of drug-likeness (QED) is 0.601. The lowest BCUT2D eigenvalue weighted by atomic mass is 10.1. The summed E-state index contributed by atoms with van der Waals surface area (Å²) in [5.74, 6) is 0.801. The first kappa shape index (κ1) is 15.7. The minimum atomic E-state index is -0.419. The largest absolute Gasteiger partial charge is 0.354 e. The monoisotopic (exact) mass is 330 g/mol. The second kappa shape index (κ2) is 7.36. The number of carbonyl (C=O) groups is 1. The van der Waals surface area contributed by atoms with Gasteiger partial charge in [-0.25, -0.2) is 14.2 Å². The van der Waals surface area contributed by atoms with Crippen LogP contribution in [0, 0.1) is 5.82 Å².